The molecule has 7 atom stereocenters. The zero-order valence-electron chi connectivity index (χ0n) is 22.1. The average molecular weight is 510 g/mol. The Balaban J connectivity index is 1.39. The molecule has 3 amide bonds. The monoisotopic (exact) mass is 509 g/mol. The van der Waals surface area contributed by atoms with Gasteiger partial charge in [-0.3, -0.25) is 14.4 Å². The summed E-state index contributed by atoms with van der Waals surface area (Å²) in [5, 5.41) is 6.23. The summed E-state index contributed by atoms with van der Waals surface area (Å²) in [6.07, 6.45) is 9.21. The predicted octanol–water partition coefficient (Wildman–Crippen LogP) is 3.67. The topological polar surface area (TPSA) is 97.0 Å². The molecule has 1 aromatic carbocycles. The Morgan fingerprint density at radius 1 is 1.14 bits per heavy atom. The number of amides is 3. The third kappa shape index (κ3) is 4.54. The lowest BCUT2D eigenvalue weighted by molar-refractivity contribution is -0.141. The lowest BCUT2D eigenvalue weighted by Gasteiger charge is -2.36. The van der Waals surface area contributed by atoms with Crippen LogP contribution in [0.1, 0.15) is 59.3 Å². The SMILES string of the molecule is CCCCN1C(=O)[C@@H]2C(C(=O)Nc3ccc(OCC)cc3)[C@@H]3C=CC2(O3)C1C(=O)NC1CCCCC1C. The van der Waals surface area contributed by atoms with Gasteiger partial charge >= 0.3 is 0 Å². The molecule has 3 aliphatic heterocycles. The van der Waals surface area contributed by atoms with Crippen molar-refractivity contribution in [1.29, 1.82) is 0 Å². The summed E-state index contributed by atoms with van der Waals surface area (Å²) in [6, 6.07) is 6.51. The Kier molecular flexibility index (Phi) is 7.30. The Hall–Kier alpha value is -2.87. The van der Waals surface area contributed by atoms with Gasteiger partial charge in [0, 0.05) is 18.3 Å². The van der Waals surface area contributed by atoms with Crippen LogP contribution in [0.15, 0.2) is 36.4 Å². The number of unbranched alkanes of at least 4 members (excludes halogenated alkanes) is 1. The number of benzene rings is 1. The molecule has 200 valence electrons. The van der Waals surface area contributed by atoms with E-state index in [-0.39, 0.29) is 23.8 Å². The summed E-state index contributed by atoms with van der Waals surface area (Å²) in [5.41, 5.74) is -0.485. The second-order valence-corrected chi connectivity index (χ2v) is 10.9. The van der Waals surface area contributed by atoms with Gasteiger partial charge in [0.1, 0.15) is 17.4 Å². The van der Waals surface area contributed by atoms with Gasteiger partial charge in [0.05, 0.1) is 24.5 Å². The maximum absolute atomic E-state index is 13.9. The number of hydrogen-bond donors (Lipinski definition) is 2. The van der Waals surface area contributed by atoms with Crippen molar-refractivity contribution in [3.63, 3.8) is 0 Å². The van der Waals surface area contributed by atoms with E-state index in [1.54, 1.807) is 29.2 Å². The van der Waals surface area contributed by atoms with Crippen molar-refractivity contribution in [3.8, 4) is 5.75 Å². The number of rotatable bonds is 9. The van der Waals surface area contributed by atoms with Crippen molar-refractivity contribution in [2.45, 2.75) is 83.1 Å². The molecule has 1 aromatic rings. The van der Waals surface area contributed by atoms with Gasteiger partial charge in [0.15, 0.2) is 0 Å². The molecule has 0 aromatic heterocycles. The van der Waals surface area contributed by atoms with Crippen LogP contribution in [0, 0.1) is 17.8 Å². The van der Waals surface area contributed by atoms with E-state index >= 15 is 0 Å². The van der Waals surface area contributed by atoms with Crippen LogP contribution in [0.5, 0.6) is 5.75 Å². The summed E-state index contributed by atoms with van der Waals surface area (Å²) < 4.78 is 11.9. The highest BCUT2D eigenvalue weighted by Crippen LogP contribution is 2.55. The first-order chi connectivity index (χ1) is 17.9. The molecule has 4 aliphatic rings. The van der Waals surface area contributed by atoms with Gasteiger partial charge in [0.25, 0.3) is 0 Å². The molecule has 3 heterocycles. The maximum atomic E-state index is 13.9. The van der Waals surface area contributed by atoms with Crippen LogP contribution in [-0.2, 0) is 19.1 Å². The number of ether oxygens (including phenoxy) is 2. The molecule has 2 bridgehead atoms. The van der Waals surface area contributed by atoms with Crippen molar-refractivity contribution in [2.75, 3.05) is 18.5 Å². The van der Waals surface area contributed by atoms with Gasteiger partial charge in [-0.25, -0.2) is 0 Å². The number of nitrogens with one attached hydrogen (secondary N) is 2. The number of hydrogen-bond acceptors (Lipinski definition) is 5. The molecule has 1 saturated carbocycles. The molecular weight excluding hydrogens is 470 g/mol. The lowest BCUT2D eigenvalue weighted by atomic mass is 9.74. The van der Waals surface area contributed by atoms with Gasteiger partial charge < -0.3 is 25.0 Å². The molecule has 8 nitrogen and oxygen atoms in total. The Morgan fingerprint density at radius 3 is 2.59 bits per heavy atom. The highest BCUT2D eigenvalue weighted by molar-refractivity contribution is 6.02. The van der Waals surface area contributed by atoms with E-state index in [1.807, 2.05) is 19.1 Å². The Morgan fingerprint density at radius 2 is 1.89 bits per heavy atom. The largest absolute Gasteiger partial charge is 0.494 e. The zero-order valence-corrected chi connectivity index (χ0v) is 22.1. The molecule has 5 rings (SSSR count). The fourth-order valence-corrected chi connectivity index (χ4v) is 6.66. The third-order valence-corrected chi connectivity index (χ3v) is 8.55. The van der Waals surface area contributed by atoms with Gasteiger partial charge in [-0.1, -0.05) is 45.3 Å². The second-order valence-electron chi connectivity index (χ2n) is 10.9. The first-order valence-electron chi connectivity index (χ1n) is 13.9. The highest BCUT2D eigenvalue weighted by Gasteiger charge is 2.72. The van der Waals surface area contributed by atoms with E-state index in [1.165, 1.54) is 6.42 Å². The van der Waals surface area contributed by atoms with Crippen molar-refractivity contribution >= 4 is 23.4 Å². The standard InChI is InChI=1S/C29H39N3O5/c1-4-6-17-32-25(27(34)31-21-10-8-7-9-18(21)3)29-16-15-22(37-29)23(24(29)28(32)35)26(33)30-19-11-13-20(14-12-19)36-5-2/h11-16,18,21-25H,4-10,17H2,1-3H3,(H,30,33)(H,31,34)/t18?,21?,22-,23?,24-,25?,29?/m0/s1. The molecule has 0 radical (unpaired) electrons. The highest BCUT2D eigenvalue weighted by atomic mass is 16.5. The van der Waals surface area contributed by atoms with Crippen molar-refractivity contribution in [3.05, 3.63) is 36.4 Å². The summed E-state index contributed by atoms with van der Waals surface area (Å²) >= 11 is 0. The van der Waals surface area contributed by atoms with E-state index in [9.17, 15) is 14.4 Å². The quantitative estimate of drug-likeness (QED) is 0.495. The lowest BCUT2D eigenvalue weighted by Crippen LogP contribution is -2.57. The normalized spacial score (nSPS) is 33.9. The number of anilines is 1. The third-order valence-electron chi connectivity index (χ3n) is 8.55. The van der Waals surface area contributed by atoms with E-state index in [0.717, 1.165) is 37.9 Å². The summed E-state index contributed by atoms with van der Waals surface area (Å²) in [6.45, 7) is 7.20. The predicted molar refractivity (Wildman–Crippen MR) is 140 cm³/mol. The first kappa shape index (κ1) is 25.8. The number of nitrogens with zero attached hydrogens (tertiary/aromatic N) is 1. The minimum absolute atomic E-state index is 0.0983. The molecule has 1 spiro atoms. The van der Waals surface area contributed by atoms with Crippen molar-refractivity contribution in [1.82, 2.24) is 10.2 Å². The van der Waals surface area contributed by atoms with Crippen molar-refractivity contribution in [2.24, 2.45) is 17.8 Å². The van der Waals surface area contributed by atoms with E-state index < -0.39 is 29.6 Å². The molecule has 37 heavy (non-hydrogen) atoms. The number of carbonyl (C=O) groups is 3. The van der Waals surface area contributed by atoms with Crippen LogP contribution in [0.3, 0.4) is 0 Å². The Labute approximate surface area is 219 Å². The van der Waals surface area contributed by atoms with Crippen LogP contribution in [0.4, 0.5) is 5.69 Å². The summed E-state index contributed by atoms with van der Waals surface area (Å²) in [4.78, 5) is 42.9. The molecule has 2 saturated heterocycles. The van der Waals surface area contributed by atoms with Gasteiger partial charge in [-0.15, -0.1) is 0 Å². The fourth-order valence-electron chi connectivity index (χ4n) is 6.66. The van der Waals surface area contributed by atoms with Crippen LogP contribution in [0.2, 0.25) is 0 Å². The van der Waals surface area contributed by atoms with Crippen LogP contribution < -0.4 is 15.4 Å². The smallest absolute Gasteiger partial charge is 0.246 e. The minimum Gasteiger partial charge on any atom is -0.494 e. The van der Waals surface area contributed by atoms with E-state index in [0.29, 0.717) is 24.8 Å². The molecule has 2 N–H and O–H groups in total. The van der Waals surface area contributed by atoms with Crippen LogP contribution in [0.25, 0.3) is 0 Å². The fraction of sp³-hybridized carbons (Fsp3) is 0.621. The Bertz CT molecular complexity index is 1060. The molecule has 8 heteroatoms. The summed E-state index contributed by atoms with van der Waals surface area (Å²) in [5.74, 6) is -0.884. The average Bonchev–Trinajstić information content (AvgIpc) is 3.53. The maximum Gasteiger partial charge on any atom is 0.246 e. The second kappa shape index (κ2) is 10.5. The molecule has 3 fully saturated rings. The minimum atomic E-state index is -1.11. The summed E-state index contributed by atoms with van der Waals surface area (Å²) in [7, 11) is 0. The molecule has 1 aliphatic carbocycles. The zero-order chi connectivity index (χ0) is 26.2. The first-order valence-corrected chi connectivity index (χ1v) is 13.9. The number of fused-ring (bicyclic) bond motifs is 1. The van der Waals surface area contributed by atoms with Gasteiger partial charge in [-0.2, -0.15) is 0 Å². The molecular formula is C29H39N3O5. The molecule has 5 unspecified atom stereocenters. The van der Waals surface area contributed by atoms with Crippen LogP contribution >= 0.6 is 0 Å². The van der Waals surface area contributed by atoms with Gasteiger partial charge in [0.2, 0.25) is 17.7 Å². The van der Waals surface area contributed by atoms with E-state index in [4.69, 9.17) is 9.47 Å². The number of likely N-dealkylation sites (tertiary alicyclic amines) is 1. The van der Waals surface area contributed by atoms with Crippen molar-refractivity contribution < 1.29 is 23.9 Å². The van der Waals surface area contributed by atoms with Gasteiger partial charge in [-0.05, 0) is 56.4 Å². The number of carbonyl (C=O) groups excluding carboxylic acids is 3. The van der Waals surface area contributed by atoms with Crippen LogP contribution in [-0.4, -0.2) is 59.6 Å². The van der Waals surface area contributed by atoms with E-state index in [2.05, 4.69) is 24.5 Å².